The highest BCUT2D eigenvalue weighted by Gasteiger charge is 2.14. The molecule has 0 unspecified atom stereocenters. The number of ether oxygens (including phenoxy) is 1. The summed E-state index contributed by atoms with van der Waals surface area (Å²) in [7, 11) is -3.43. The highest BCUT2D eigenvalue weighted by atomic mass is 32.2. The molecule has 0 heterocycles. The fourth-order valence-corrected chi connectivity index (χ4v) is 2.52. The van der Waals surface area contributed by atoms with Gasteiger partial charge in [0.05, 0.1) is 4.90 Å². The van der Waals surface area contributed by atoms with Gasteiger partial charge in [-0.15, -0.1) is 0 Å². The van der Waals surface area contributed by atoms with Crippen LogP contribution in [-0.2, 0) is 10.0 Å². The van der Waals surface area contributed by atoms with Gasteiger partial charge in [0.15, 0.2) is 0 Å². The maximum Gasteiger partial charge on any atom is 0.240 e. The first-order chi connectivity index (χ1) is 7.95. The summed E-state index contributed by atoms with van der Waals surface area (Å²) in [6.45, 7) is 4.39. The summed E-state index contributed by atoms with van der Waals surface area (Å²) in [6, 6.07) is 6.12. The second-order valence-electron chi connectivity index (χ2n) is 3.88. The Labute approximate surface area is 102 Å². The Balaban J connectivity index is 2.80. The van der Waals surface area contributed by atoms with Gasteiger partial charge in [0, 0.05) is 12.6 Å². The zero-order chi connectivity index (χ0) is 12.9. The highest BCUT2D eigenvalue weighted by molar-refractivity contribution is 7.89. The third kappa shape index (κ3) is 4.33. The number of rotatable bonds is 6. The van der Waals surface area contributed by atoms with E-state index in [0.717, 1.165) is 0 Å². The van der Waals surface area contributed by atoms with E-state index < -0.39 is 10.0 Å². The highest BCUT2D eigenvalue weighted by Crippen LogP contribution is 2.15. The minimum Gasteiger partial charge on any atom is -0.492 e. The summed E-state index contributed by atoms with van der Waals surface area (Å²) in [4.78, 5) is 0.228. The summed E-state index contributed by atoms with van der Waals surface area (Å²) in [6.07, 6.45) is 0. The van der Waals surface area contributed by atoms with Crippen molar-refractivity contribution in [3.05, 3.63) is 24.3 Å². The van der Waals surface area contributed by atoms with Crippen LogP contribution in [0, 0.1) is 0 Å². The van der Waals surface area contributed by atoms with E-state index in [2.05, 4.69) is 4.72 Å². The zero-order valence-electron chi connectivity index (χ0n) is 10.0. The molecule has 0 aromatic heterocycles. The lowest BCUT2D eigenvalue weighted by Gasteiger charge is -2.10. The van der Waals surface area contributed by atoms with Crippen LogP contribution in [0.5, 0.6) is 5.75 Å². The van der Waals surface area contributed by atoms with Crippen molar-refractivity contribution < 1.29 is 13.2 Å². The molecule has 0 spiro atoms. The summed E-state index contributed by atoms with van der Waals surface area (Å²) in [5.74, 6) is 0.610. The van der Waals surface area contributed by atoms with Gasteiger partial charge in [0.2, 0.25) is 10.0 Å². The molecule has 1 aromatic rings. The van der Waals surface area contributed by atoms with E-state index in [-0.39, 0.29) is 10.9 Å². The van der Waals surface area contributed by atoms with Crippen LogP contribution in [0.2, 0.25) is 0 Å². The molecule has 3 N–H and O–H groups in total. The van der Waals surface area contributed by atoms with Crippen molar-refractivity contribution in [1.29, 1.82) is 0 Å². The molecule has 0 saturated heterocycles. The molecular formula is C11H18N2O3S. The number of nitrogens with two attached hydrogens (primary N) is 1. The number of hydrogen-bond donors (Lipinski definition) is 2. The smallest absolute Gasteiger partial charge is 0.240 e. The van der Waals surface area contributed by atoms with Crippen molar-refractivity contribution in [2.24, 2.45) is 5.73 Å². The molecule has 6 heteroatoms. The number of hydrogen-bond acceptors (Lipinski definition) is 4. The minimum absolute atomic E-state index is 0.131. The molecule has 17 heavy (non-hydrogen) atoms. The Morgan fingerprint density at radius 3 is 2.35 bits per heavy atom. The quantitative estimate of drug-likeness (QED) is 0.787. The van der Waals surface area contributed by atoms with Gasteiger partial charge in [0.25, 0.3) is 0 Å². The maximum atomic E-state index is 11.8. The first kappa shape index (κ1) is 14.0. The topological polar surface area (TPSA) is 81.4 Å². The summed E-state index contributed by atoms with van der Waals surface area (Å²) in [5.41, 5.74) is 5.30. The van der Waals surface area contributed by atoms with Gasteiger partial charge in [-0.2, -0.15) is 0 Å². The standard InChI is InChI=1S/C11H18N2O3S/c1-9(2)13-17(14,15)11-5-3-10(4-6-11)16-8-7-12/h3-6,9,13H,7-8,12H2,1-2H3. The third-order valence-corrected chi connectivity index (χ3v) is 3.59. The predicted octanol–water partition coefficient (Wildman–Crippen LogP) is 0.711. The van der Waals surface area contributed by atoms with Gasteiger partial charge in [-0.1, -0.05) is 0 Å². The van der Waals surface area contributed by atoms with Crippen LogP contribution in [0.25, 0.3) is 0 Å². The minimum atomic E-state index is -3.43. The van der Waals surface area contributed by atoms with Gasteiger partial charge >= 0.3 is 0 Å². The Hall–Kier alpha value is -1.11. The van der Waals surface area contributed by atoms with E-state index in [9.17, 15) is 8.42 Å². The number of benzene rings is 1. The molecule has 0 bridgehead atoms. The van der Waals surface area contributed by atoms with Crippen molar-refractivity contribution >= 4 is 10.0 Å². The lowest BCUT2D eigenvalue weighted by atomic mass is 10.3. The molecule has 0 radical (unpaired) electrons. The van der Waals surface area contributed by atoms with E-state index in [1.54, 1.807) is 26.0 Å². The third-order valence-electron chi connectivity index (χ3n) is 1.91. The average Bonchev–Trinajstić information content (AvgIpc) is 2.25. The van der Waals surface area contributed by atoms with Crippen LogP contribution >= 0.6 is 0 Å². The largest absolute Gasteiger partial charge is 0.492 e. The van der Waals surface area contributed by atoms with Crippen molar-refractivity contribution in [1.82, 2.24) is 4.72 Å². The second kappa shape index (κ2) is 6.00. The monoisotopic (exact) mass is 258 g/mol. The summed E-state index contributed by atoms with van der Waals surface area (Å²) < 4.78 is 31.4. The fraction of sp³-hybridized carbons (Fsp3) is 0.455. The lowest BCUT2D eigenvalue weighted by Crippen LogP contribution is -2.30. The lowest BCUT2D eigenvalue weighted by molar-refractivity contribution is 0.328. The Morgan fingerprint density at radius 2 is 1.88 bits per heavy atom. The molecule has 96 valence electrons. The van der Waals surface area contributed by atoms with E-state index in [1.165, 1.54) is 12.1 Å². The van der Waals surface area contributed by atoms with Gasteiger partial charge in [0.1, 0.15) is 12.4 Å². The van der Waals surface area contributed by atoms with Gasteiger partial charge in [-0.3, -0.25) is 0 Å². The zero-order valence-corrected chi connectivity index (χ0v) is 10.8. The fourth-order valence-electron chi connectivity index (χ4n) is 1.27. The Bertz CT molecular complexity index is 440. The molecule has 0 aliphatic heterocycles. The van der Waals surface area contributed by atoms with Crippen molar-refractivity contribution in [3.63, 3.8) is 0 Å². The van der Waals surface area contributed by atoms with Crippen LogP contribution in [0.4, 0.5) is 0 Å². The molecule has 5 nitrogen and oxygen atoms in total. The first-order valence-corrected chi connectivity index (χ1v) is 6.89. The second-order valence-corrected chi connectivity index (χ2v) is 5.60. The first-order valence-electron chi connectivity index (χ1n) is 5.41. The van der Waals surface area contributed by atoms with Crippen LogP contribution in [0.15, 0.2) is 29.2 Å². The molecule has 0 aliphatic rings. The van der Waals surface area contributed by atoms with E-state index >= 15 is 0 Å². The maximum absolute atomic E-state index is 11.8. The van der Waals surface area contributed by atoms with Crippen LogP contribution < -0.4 is 15.2 Å². The van der Waals surface area contributed by atoms with Crippen molar-refractivity contribution in [3.8, 4) is 5.75 Å². The number of sulfonamides is 1. The van der Waals surface area contributed by atoms with Gasteiger partial charge < -0.3 is 10.5 Å². The summed E-state index contributed by atoms with van der Waals surface area (Å²) in [5, 5.41) is 0. The Morgan fingerprint density at radius 1 is 1.29 bits per heavy atom. The van der Waals surface area contributed by atoms with Crippen molar-refractivity contribution in [2.45, 2.75) is 24.8 Å². The molecule has 0 aliphatic carbocycles. The van der Waals surface area contributed by atoms with Crippen LogP contribution in [0.3, 0.4) is 0 Å². The summed E-state index contributed by atoms with van der Waals surface area (Å²) >= 11 is 0. The van der Waals surface area contributed by atoms with E-state index in [1.807, 2.05) is 0 Å². The molecule has 0 fully saturated rings. The van der Waals surface area contributed by atoms with E-state index in [0.29, 0.717) is 18.9 Å². The Kier molecular flexibility index (Phi) is 4.92. The van der Waals surface area contributed by atoms with Gasteiger partial charge in [-0.25, -0.2) is 13.1 Å². The predicted molar refractivity (Wildman–Crippen MR) is 66.4 cm³/mol. The molecule has 1 rings (SSSR count). The normalized spacial score (nSPS) is 11.8. The molecule has 0 atom stereocenters. The molecule has 0 saturated carbocycles. The van der Waals surface area contributed by atoms with Crippen molar-refractivity contribution in [2.75, 3.05) is 13.2 Å². The average molecular weight is 258 g/mol. The molecule has 0 amide bonds. The molecule has 1 aromatic carbocycles. The SMILES string of the molecule is CC(C)NS(=O)(=O)c1ccc(OCCN)cc1. The number of nitrogens with one attached hydrogen (secondary N) is 1. The van der Waals surface area contributed by atoms with E-state index in [4.69, 9.17) is 10.5 Å². The van der Waals surface area contributed by atoms with Gasteiger partial charge in [-0.05, 0) is 38.1 Å². The van der Waals surface area contributed by atoms with Crippen LogP contribution in [-0.4, -0.2) is 27.6 Å². The van der Waals surface area contributed by atoms with Crippen LogP contribution in [0.1, 0.15) is 13.8 Å². The molecular weight excluding hydrogens is 240 g/mol.